The van der Waals surface area contributed by atoms with E-state index in [9.17, 15) is 0 Å². The van der Waals surface area contributed by atoms with Crippen molar-refractivity contribution in [3.8, 4) is 0 Å². The molecule has 0 radical (unpaired) electrons. The predicted octanol–water partition coefficient (Wildman–Crippen LogP) is 1.49. The van der Waals surface area contributed by atoms with E-state index in [0.717, 1.165) is 18.7 Å². The van der Waals surface area contributed by atoms with Crippen LogP contribution in [0.1, 0.15) is 26.7 Å². The molecule has 0 saturated heterocycles. The van der Waals surface area contributed by atoms with Gasteiger partial charge in [0.1, 0.15) is 0 Å². The summed E-state index contributed by atoms with van der Waals surface area (Å²) in [5.41, 5.74) is 0. The zero-order chi connectivity index (χ0) is 9.23. The Kier molecular flexibility index (Phi) is 9.57. The Morgan fingerprint density at radius 2 is 2.17 bits per heavy atom. The fourth-order valence-electron chi connectivity index (χ4n) is 1.00. The van der Waals surface area contributed by atoms with Crippen molar-refractivity contribution in [1.29, 1.82) is 0 Å². The van der Waals surface area contributed by atoms with E-state index >= 15 is 0 Å². The van der Waals surface area contributed by atoms with Gasteiger partial charge in [0.2, 0.25) is 0 Å². The first kappa shape index (κ1) is 12.3. The van der Waals surface area contributed by atoms with Crippen molar-refractivity contribution in [2.24, 2.45) is 0 Å². The summed E-state index contributed by atoms with van der Waals surface area (Å²) < 4.78 is 0. The van der Waals surface area contributed by atoms with Crippen molar-refractivity contribution >= 4 is 11.8 Å². The van der Waals surface area contributed by atoms with E-state index in [2.05, 4.69) is 19.2 Å². The summed E-state index contributed by atoms with van der Waals surface area (Å²) in [5.74, 6) is 2.25. The van der Waals surface area contributed by atoms with E-state index in [1.165, 1.54) is 12.2 Å². The van der Waals surface area contributed by atoms with Gasteiger partial charge in [-0.1, -0.05) is 13.8 Å². The third-order valence-electron chi connectivity index (χ3n) is 1.75. The van der Waals surface area contributed by atoms with Crippen LogP contribution in [0.2, 0.25) is 0 Å². The fourth-order valence-corrected chi connectivity index (χ4v) is 2.14. The lowest BCUT2D eigenvalue weighted by atomic mass is 10.2. The van der Waals surface area contributed by atoms with Gasteiger partial charge >= 0.3 is 0 Å². The molecule has 0 saturated carbocycles. The standard InChI is InChI=1S/C9H21NOS/c1-3-9(10-4-2)8-12-7-5-6-11/h9-11H,3-8H2,1-2H3. The van der Waals surface area contributed by atoms with Crippen molar-refractivity contribution in [2.75, 3.05) is 24.7 Å². The van der Waals surface area contributed by atoms with Crippen LogP contribution in [0, 0.1) is 0 Å². The van der Waals surface area contributed by atoms with Crippen LogP contribution in [0.4, 0.5) is 0 Å². The molecule has 0 aromatic carbocycles. The van der Waals surface area contributed by atoms with Gasteiger partial charge in [-0.25, -0.2) is 0 Å². The van der Waals surface area contributed by atoms with Gasteiger partial charge in [0.25, 0.3) is 0 Å². The quantitative estimate of drug-likeness (QED) is 0.570. The molecule has 0 aliphatic carbocycles. The summed E-state index contributed by atoms with van der Waals surface area (Å²) in [6.07, 6.45) is 2.12. The molecule has 2 N–H and O–H groups in total. The Morgan fingerprint density at radius 1 is 1.42 bits per heavy atom. The van der Waals surface area contributed by atoms with E-state index in [4.69, 9.17) is 5.11 Å². The number of hydrogen-bond acceptors (Lipinski definition) is 3. The molecule has 0 amide bonds. The Morgan fingerprint density at radius 3 is 2.67 bits per heavy atom. The van der Waals surface area contributed by atoms with Crippen LogP contribution in [0.25, 0.3) is 0 Å². The molecule has 0 aliphatic rings. The SMILES string of the molecule is CCNC(CC)CSCCCO. The second kappa shape index (κ2) is 9.36. The maximum atomic E-state index is 8.56. The molecule has 0 aliphatic heterocycles. The van der Waals surface area contributed by atoms with Gasteiger partial charge in [0, 0.05) is 18.4 Å². The molecule has 1 atom stereocenters. The average Bonchev–Trinajstić information content (AvgIpc) is 2.10. The maximum absolute atomic E-state index is 8.56. The van der Waals surface area contributed by atoms with Crippen LogP contribution < -0.4 is 5.32 Å². The van der Waals surface area contributed by atoms with E-state index in [1.807, 2.05) is 11.8 Å². The highest BCUT2D eigenvalue weighted by Crippen LogP contribution is 2.06. The van der Waals surface area contributed by atoms with E-state index < -0.39 is 0 Å². The maximum Gasteiger partial charge on any atom is 0.0438 e. The zero-order valence-corrected chi connectivity index (χ0v) is 8.99. The van der Waals surface area contributed by atoms with Crippen molar-refractivity contribution in [3.63, 3.8) is 0 Å². The van der Waals surface area contributed by atoms with Crippen molar-refractivity contribution in [2.45, 2.75) is 32.7 Å². The minimum Gasteiger partial charge on any atom is -0.396 e. The third kappa shape index (κ3) is 6.95. The zero-order valence-electron chi connectivity index (χ0n) is 8.18. The highest BCUT2D eigenvalue weighted by molar-refractivity contribution is 7.99. The predicted molar refractivity (Wildman–Crippen MR) is 56.8 cm³/mol. The van der Waals surface area contributed by atoms with Gasteiger partial charge in [0.15, 0.2) is 0 Å². The molecule has 0 bridgehead atoms. The molecule has 0 heterocycles. The Labute approximate surface area is 80.1 Å². The van der Waals surface area contributed by atoms with Crippen LogP contribution >= 0.6 is 11.8 Å². The molecule has 0 fully saturated rings. The molecule has 0 rings (SSSR count). The van der Waals surface area contributed by atoms with Gasteiger partial charge in [-0.2, -0.15) is 11.8 Å². The van der Waals surface area contributed by atoms with Gasteiger partial charge in [-0.15, -0.1) is 0 Å². The highest BCUT2D eigenvalue weighted by atomic mass is 32.2. The molecule has 0 aromatic rings. The monoisotopic (exact) mass is 191 g/mol. The number of nitrogens with one attached hydrogen (secondary N) is 1. The summed E-state index contributed by atoms with van der Waals surface area (Å²) in [7, 11) is 0. The van der Waals surface area contributed by atoms with Gasteiger partial charge in [0.05, 0.1) is 0 Å². The summed E-state index contributed by atoms with van der Waals surface area (Å²) in [5, 5.41) is 12.0. The molecule has 2 nitrogen and oxygen atoms in total. The summed E-state index contributed by atoms with van der Waals surface area (Å²) in [4.78, 5) is 0. The minimum absolute atomic E-state index is 0.324. The van der Waals surface area contributed by atoms with Crippen molar-refractivity contribution < 1.29 is 5.11 Å². The Balaban J connectivity index is 3.19. The topological polar surface area (TPSA) is 32.3 Å². The summed E-state index contributed by atoms with van der Waals surface area (Å²) >= 11 is 1.93. The molecule has 12 heavy (non-hydrogen) atoms. The average molecular weight is 191 g/mol. The fraction of sp³-hybridized carbons (Fsp3) is 1.00. The lowest BCUT2D eigenvalue weighted by Crippen LogP contribution is -2.30. The first-order chi connectivity index (χ1) is 5.85. The number of aliphatic hydroxyl groups excluding tert-OH is 1. The van der Waals surface area contributed by atoms with Crippen LogP contribution in [-0.4, -0.2) is 35.8 Å². The number of hydrogen-bond donors (Lipinski definition) is 2. The highest BCUT2D eigenvalue weighted by Gasteiger charge is 2.02. The Hall–Kier alpha value is 0.270. The van der Waals surface area contributed by atoms with E-state index in [0.29, 0.717) is 12.6 Å². The largest absolute Gasteiger partial charge is 0.396 e. The molecule has 1 unspecified atom stereocenters. The minimum atomic E-state index is 0.324. The lowest BCUT2D eigenvalue weighted by Gasteiger charge is -2.14. The Bertz CT molecular complexity index is 90.6. The molecule has 0 aromatic heterocycles. The van der Waals surface area contributed by atoms with Crippen LogP contribution in [0.5, 0.6) is 0 Å². The van der Waals surface area contributed by atoms with Crippen LogP contribution in [0.3, 0.4) is 0 Å². The van der Waals surface area contributed by atoms with Gasteiger partial charge < -0.3 is 10.4 Å². The second-order valence-corrected chi connectivity index (χ2v) is 3.96. The molecule has 74 valence electrons. The number of thioether (sulfide) groups is 1. The number of rotatable bonds is 8. The van der Waals surface area contributed by atoms with Crippen LogP contribution in [-0.2, 0) is 0 Å². The molecule has 3 heteroatoms. The first-order valence-electron chi connectivity index (χ1n) is 4.77. The van der Waals surface area contributed by atoms with E-state index in [-0.39, 0.29) is 0 Å². The van der Waals surface area contributed by atoms with Gasteiger partial charge in [-0.05, 0) is 25.1 Å². The van der Waals surface area contributed by atoms with Crippen molar-refractivity contribution in [3.05, 3.63) is 0 Å². The smallest absolute Gasteiger partial charge is 0.0438 e. The first-order valence-corrected chi connectivity index (χ1v) is 5.92. The summed E-state index contributed by atoms with van der Waals surface area (Å²) in [6, 6.07) is 0.652. The third-order valence-corrected chi connectivity index (χ3v) is 2.97. The summed E-state index contributed by atoms with van der Waals surface area (Å²) in [6.45, 7) is 5.73. The number of aliphatic hydroxyl groups is 1. The van der Waals surface area contributed by atoms with Gasteiger partial charge in [-0.3, -0.25) is 0 Å². The van der Waals surface area contributed by atoms with Crippen LogP contribution in [0.15, 0.2) is 0 Å². The molecular weight excluding hydrogens is 170 g/mol. The molecular formula is C9H21NOS. The second-order valence-electron chi connectivity index (χ2n) is 2.81. The normalized spacial score (nSPS) is 13.2. The van der Waals surface area contributed by atoms with Crippen molar-refractivity contribution in [1.82, 2.24) is 5.32 Å². The van der Waals surface area contributed by atoms with E-state index in [1.54, 1.807) is 0 Å². The molecule has 0 spiro atoms. The lowest BCUT2D eigenvalue weighted by molar-refractivity contribution is 0.296.